The number of amides is 2. The summed E-state index contributed by atoms with van der Waals surface area (Å²) in [6.07, 6.45) is -0.0955. The van der Waals surface area contributed by atoms with Gasteiger partial charge >= 0.3 is 5.97 Å². The fraction of sp³-hybridized carbons (Fsp3) is 0.308. The van der Waals surface area contributed by atoms with Crippen LogP contribution in [0.15, 0.2) is 28.7 Å². The Hall–Kier alpha value is -1.93. The summed E-state index contributed by atoms with van der Waals surface area (Å²) in [6, 6.07) is 5.38. The Morgan fingerprint density at radius 3 is 2.33 bits per heavy atom. The van der Waals surface area contributed by atoms with Gasteiger partial charge in [0.1, 0.15) is 6.04 Å². The van der Waals surface area contributed by atoms with Crippen LogP contribution >= 0.6 is 15.9 Å². The van der Waals surface area contributed by atoms with Crippen LogP contribution in [-0.2, 0) is 9.59 Å². The van der Waals surface area contributed by atoms with Crippen molar-refractivity contribution < 1.29 is 24.6 Å². The highest BCUT2D eigenvalue weighted by molar-refractivity contribution is 9.10. The molecule has 7 nitrogen and oxygen atoms in total. The van der Waals surface area contributed by atoms with Crippen LogP contribution in [0.5, 0.6) is 0 Å². The topological polar surface area (TPSA) is 116 Å². The lowest BCUT2D eigenvalue weighted by Gasteiger charge is -2.13. The van der Waals surface area contributed by atoms with Crippen molar-refractivity contribution in [2.45, 2.75) is 12.5 Å². The van der Waals surface area contributed by atoms with Gasteiger partial charge in [0.15, 0.2) is 0 Å². The number of halogens is 1. The molecule has 0 unspecified atom stereocenters. The lowest BCUT2D eigenvalue weighted by Crippen LogP contribution is -2.45. The normalized spacial score (nSPS) is 11.5. The molecule has 1 rings (SSSR count). The highest BCUT2D eigenvalue weighted by Crippen LogP contribution is 2.10. The summed E-state index contributed by atoms with van der Waals surface area (Å²) in [5.74, 6) is -2.32. The number of carbonyl (C=O) groups is 3. The van der Waals surface area contributed by atoms with Gasteiger partial charge in [-0.1, -0.05) is 15.9 Å². The Labute approximate surface area is 129 Å². The van der Waals surface area contributed by atoms with Gasteiger partial charge in [-0.15, -0.1) is 0 Å². The van der Waals surface area contributed by atoms with Gasteiger partial charge in [-0.2, -0.15) is 0 Å². The van der Waals surface area contributed by atoms with E-state index in [9.17, 15) is 14.4 Å². The van der Waals surface area contributed by atoms with E-state index in [1.807, 2.05) is 0 Å². The molecule has 0 heterocycles. The lowest BCUT2D eigenvalue weighted by atomic mass is 10.2. The molecule has 0 fully saturated rings. The molecule has 1 atom stereocenters. The minimum atomic E-state index is -1.24. The number of nitrogens with one attached hydrogen (secondary N) is 2. The van der Waals surface area contributed by atoms with Gasteiger partial charge in [0, 0.05) is 23.1 Å². The monoisotopic (exact) mass is 358 g/mol. The molecular weight excluding hydrogens is 344 g/mol. The van der Waals surface area contributed by atoms with Gasteiger partial charge in [-0.25, -0.2) is 4.79 Å². The molecule has 1 aromatic rings. The van der Waals surface area contributed by atoms with E-state index in [1.54, 1.807) is 24.3 Å². The van der Waals surface area contributed by atoms with Crippen molar-refractivity contribution in [1.29, 1.82) is 0 Å². The Morgan fingerprint density at radius 2 is 1.81 bits per heavy atom. The highest BCUT2D eigenvalue weighted by atomic mass is 79.9. The lowest BCUT2D eigenvalue weighted by molar-refractivity contribution is -0.142. The van der Waals surface area contributed by atoms with Gasteiger partial charge in [-0.05, 0) is 24.3 Å². The molecule has 21 heavy (non-hydrogen) atoms. The maximum Gasteiger partial charge on any atom is 0.326 e. The SMILES string of the molecule is O=C(CNC(=O)c1ccc(Br)cc1)N[C@@H](CCO)C(=O)O. The van der Waals surface area contributed by atoms with E-state index >= 15 is 0 Å². The van der Waals surface area contributed by atoms with Crippen molar-refractivity contribution in [3.63, 3.8) is 0 Å². The Kier molecular flexibility index (Phi) is 6.83. The summed E-state index contributed by atoms with van der Waals surface area (Å²) >= 11 is 3.24. The van der Waals surface area contributed by atoms with E-state index in [-0.39, 0.29) is 19.6 Å². The molecule has 0 saturated heterocycles. The smallest absolute Gasteiger partial charge is 0.326 e. The summed E-state index contributed by atoms with van der Waals surface area (Å²) in [5.41, 5.74) is 0.385. The molecule has 1 aromatic carbocycles. The zero-order valence-corrected chi connectivity index (χ0v) is 12.6. The number of aliphatic hydroxyl groups excluding tert-OH is 1. The van der Waals surface area contributed by atoms with Crippen LogP contribution in [0.2, 0.25) is 0 Å². The van der Waals surface area contributed by atoms with Crippen molar-refractivity contribution >= 4 is 33.7 Å². The molecule has 0 bridgehead atoms. The van der Waals surface area contributed by atoms with E-state index in [4.69, 9.17) is 10.2 Å². The zero-order valence-electron chi connectivity index (χ0n) is 11.0. The highest BCUT2D eigenvalue weighted by Gasteiger charge is 2.19. The summed E-state index contributed by atoms with van der Waals surface area (Å²) in [7, 11) is 0. The standard InChI is InChI=1S/C13H15BrN2O5/c14-9-3-1-8(2-4-9)12(19)15-7-11(18)16-10(5-6-17)13(20)21/h1-4,10,17H,5-7H2,(H,15,19)(H,16,18)(H,20,21)/t10-/m0/s1. The van der Waals surface area contributed by atoms with E-state index in [1.165, 1.54) is 0 Å². The average Bonchev–Trinajstić information content (AvgIpc) is 2.45. The van der Waals surface area contributed by atoms with Crippen molar-refractivity contribution in [3.8, 4) is 0 Å². The molecule has 0 spiro atoms. The maximum atomic E-state index is 11.7. The van der Waals surface area contributed by atoms with Crippen molar-refractivity contribution in [2.75, 3.05) is 13.2 Å². The fourth-order valence-electron chi connectivity index (χ4n) is 1.50. The third kappa shape index (κ3) is 5.92. The van der Waals surface area contributed by atoms with Crippen LogP contribution < -0.4 is 10.6 Å². The number of aliphatic hydroxyl groups is 1. The zero-order chi connectivity index (χ0) is 15.8. The molecule has 0 aliphatic carbocycles. The van der Waals surface area contributed by atoms with E-state index < -0.39 is 23.8 Å². The van der Waals surface area contributed by atoms with Crippen LogP contribution in [0, 0.1) is 0 Å². The van der Waals surface area contributed by atoms with Gasteiger partial charge in [0.2, 0.25) is 5.91 Å². The number of carboxylic acids is 1. The second-order valence-electron chi connectivity index (χ2n) is 4.16. The van der Waals surface area contributed by atoms with Gasteiger partial charge < -0.3 is 20.8 Å². The third-order valence-electron chi connectivity index (χ3n) is 2.57. The van der Waals surface area contributed by atoms with E-state index in [0.717, 1.165) is 4.47 Å². The first-order valence-corrected chi connectivity index (χ1v) is 6.90. The number of carbonyl (C=O) groups excluding carboxylic acids is 2. The van der Waals surface area contributed by atoms with E-state index in [0.29, 0.717) is 5.56 Å². The predicted octanol–water partition coefficient (Wildman–Crippen LogP) is 0.131. The Bertz CT molecular complexity index is 518. The van der Waals surface area contributed by atoms with Crippen molar-refractivity contribution in [3.05, 3.63) is 34.3 Å². The third-order valence-corrected chi connectivity index (χ3v) is 3.10. The van der Waals surface area contributed by atoms with Crippen LogP contribution in [-0.4, -0.2) is 47.2 Å². The number of benzene rings is 1. The number of carboxylic acid groups (broad SMARTS) is 1. The predicted molar refractivity (Wildman–Crippen MR) is 77.7 cm³/mol. The van der Waals surface area contributed by atoms with Crippen LogP contribution in [0.25, 0.3) is 0 Å². The number of aliphatic carboxylic acids is 1. The maximum absolute atomic E-state index is 11.7. The molecule has 0 aliphatic heterocycles. The second kappa shape index (κ2) is 8.38. The fourth-order valence-corrected chi connectivity index (χ4v) is 1.76. The molecule has 0 saturated carbocycles. The molecular formula is C13H15BrN2O5. The minimum Gasteiger partial charge on any atom is -0.480 e. The molecule has 4 N–H and O–H groups in total. The first kappa shape index (κ1) is 17.1. The van der Waals surface area contributed by atoms with Gasteiger partial charge in [0.25, 0.3) is 5.91 Å². The Morgan fingerprint density at radius 1 is 1.19 bits per heavy atom. The van der Waals surface area contributed by atoms with Crippen LogP contribution in [0.3, 0.4) is 0 Å². The van der Waals surface area contributed by atoms with Gasteiger partial charge in [0.05, 0.1) is 6.54 Å². The van der Waals surface area contributed by atoms with Crippen LogP contribution in [0.1, 0.15) is 16.8 Å². The molecule has 8 heteroatoms. The van der Waals surface area contributed by atoms with Crippen LogP contribution in [0.4, 0.5) is 0 Å². The molecule has 0 radical (unpaired) electrons. The molecule has 2 amide bonds. The van der Waals surface area contributed by atoms with Crippen molar-refractivity contribution in [1.82, 2.24) is 10.6 Å². The summed E-state index contributed by atoms with van der Waals surface area (Å²) in [6.45, 7) is -0.702. The largest absolute Gasteiger partial charge is 0.480 e. The summed E-state index contributed by atoms with van der Waals surface area (Å²) in [4.78, 5) is 34.1. The van der Waals surface area contributed by atoms with E-state index in [2.05, 4.69) is 26.6 Å². The first-order chi connectivity index (χ1) is 9.93. The average molecular weight is 359 g/mol. The Balaban J connectivity index is 2.46. The first-order valence-electron chi connectivity index (χ1n) is 6.11. The molecule has 114 valence electrons. The van der Waals surface area contributed by atoms with Crippen molar-refractivity contribution in [2.24, 2.45) is 0 Å². The van der Waals surface area contributed by atoms with Gasteiger partial charge in [-0.3, -0.25) is 9.59 Å². The quantitative estimate of drug-likeness (QED) is 0.552. The minimum absolute atomic E-state index is 0.0955. The summed E-state index contributed by atoms with van der Waals surface area (Å²) in [5, 5.41) is 22.1. The molecule has 0 aliphatic rings. The second-order valence-corrected chi connectivity index (χ2v) is 5.08. The number of rotatable bonds is 7. The number of hydrogen-bond acceptors (Lipinski definition) is 4. The molecule has 0 aromatic heterocycles. The number of hydrogen-bond donors (Lipinski definition) is 4. The summed E-state index contributed by atoms with van der Waals surface area (Å²) < 4.78 is 0.824.